The molecule has 0 aliphatic heterocycles. The Morgan fingerprint density at radius 1 is 1.10 bits per heavy atom. The minimum absolute atomic E-state index is 0.178. The van der Waals surface area contributed by atoms with E-state index in [4.69, 9.17) is 5.73 Å². The number of nitrogens with one attached hydrogen (secondary N) is 1. The van der Waals surface area contributed by atoms with Gasteiger partial charge in [-0.3, -0.25) is 4.98 Å². The van der Waals surface area contributed by atoms with Gasteiger partial charge in [0.1, 0.15) is 4.90 Å². The van der Waals surface area contributed by atoms with Crippen LogP contribution < -0.4 is 10.5 Å². The predicted molar refractivity (Wildman–Crippen MR) is 83.5 cm³/mol. The highest BCUT2D eigenvalue weighted by molar-refractivity contribution is 7.89. The molecule has 1 heterocycles. The Hall–Kier alpha value is -1.92. The van der Waals surface area contributed by atoms with Crippen LogP contribution >= 0.6 is 0 Å². The molecule has 0 unspecified atom stereocenters. The van der Waals surface area contributed by atoms with Gasteiger partial charge in [0.2, 0.25) is 10.0 Å². The van der Waals surface area contributed by atoms with E-state index in [1.165, 1.54) is 0 Å². The molecule has 6 heteroatoms. The number of rotatable bonds is 5. The molecule has 0 saturated heterocycles. The Labute approximate surface area is 125 Å². The van der Waals surface area contributed by atoms with E-state index in [0.29, 0.717) is 24.2 Å². The van der Waals surface area contributed by atoms with Gasteiger partial charge in [-0.15, -0.1) is 0 Å². The van der Waals surface area contributed by atoms with Crippen LogP contribution in [0.25, 0.3) is 0 Å². The number of aryl methyl sites for hydroxylation is 2. The summed E-state index contributed by atoms with van der Waals surface area (Å²) in [5, 5.41) is 0. The number of nitrogen functional groups attached to an aromatic ring is 1. The van der Waals surface area contributed by atoms with Gasteiger partial charge in [-0.25, -0.2) is 13.1 Å². The Balaban J connectivity index is 2.14. The van der Waals surface area contributed by atoms with Crippen molar-refractivity contribution in [2.24, 2.45) is 0 Å². The fourth-order valence-corrected chi connectivity index (χ4v) is 3.57. The normalized spacial score (nSPS) is 11.5. The van der Waals surface area contributed by atoms with E-state index in [1.54, 1.807) is 32.3 Å². The number of hydrogen-bond acceptors (Lipinski definition) is 4. The lowest BCUT2D eigenvalue weighted by Crippen LogP contribution is -2.27. The molecular weight excluding hydrogens is 286 g/mol. The number of pyridine rings is 1. The summed E-state index contributed by atoms with van der Waals surface area (Å²) in [5.74, 6) is 0. The van der Waals surface area contributed by atoms with Crippen LogP contribution in [-0.2, 0) is 16.4 Å². The van der Waals surface area contributed by atoms with Crippen LogP contribution in [0, 0.1) is 13.8 Å². The second-order valence-corrected chi connectivity index (χ2v) is 6.65. The van der Waals surface area contributed by atoms with Crippen molar-refractivity contribution in [3.05, 3.63) is 53.3 Å². The zero-order chi connectivity index (χ0) is 15.5. The number of hydrogen-bond donors (Lipinski definition) is 2. The molecule has 1 aromatic heterocycles. The highest BCUT2D eigenvalue weighted by Gasteiger charge is 2.20. The lowest BCUT2D eigenvalue weighted by Gasteiger charge is -2.13. The van der Waals surface area contributed by atoms with Gasteiger partial charge in [0.15, 0.2) is 0 Å². The minimum Gasteiger partial charge on any atom is -0.397 e. The first-order valence-corrected chi connectivity index (χ1v) is 8.14. The molecule has 0 radical (unpaired) electrons. The maximum atomic E-state index is 12.4. The smallest absolute Gasteiger partial charge is 0.242 e. The van der Waals surface area contributed by atoms with Crippen molar-refractivity contribution >= 4 is 15.7 Å². The number of nitrogens with zero attached hydrogens (tertiary/aromatic N) is 1. The van der Waals surface area contributed by atoms with Crippen LogP contribution in [0.2, 0.25) is 0 Å². The average molecular weight is 305 g/mol. The van der Waals surface area contributed by atoms with Crippen LogP contribution in [-0.4, -0.2) is 19.9 Å². The van der Waals surface area contributed by atoms with E-state index >= 15 is 0 Å². The van der Waals surface area contributed by atoms with Gasteiger partial charge in [0.05, 0.1) is 5.69 Å². The summed E-state index contributed by atoms with van der Waals surface area (Å²) in [6.07, 6.45) is 3.98. The first kappa shape index (κ1) is 15.5. The van der Waals surface area contributed by atoms with E-state index in [9.17, 15) is 8.42 Å². The molecule has 3 N–H and O–H groups in total. The molecule has 0 saturated carbocycles. The number of nitrogens with two attached hydrogens (primary N) is 1. The van der Waals surface area contributed by atoms with E-state index < -0.39 is 10.0 Å². The second kappa shape index (κ2) is 6.24. The Bertz CT molecular complexity index is 728. The molecule has 2 aromatic rings. The fraction of sp³-hybridized carbons (Fsp3) is 0.267. The molecule has 21 heavy (non-hydrogen) atoms. The summed E-state index contributed by atoms with van der Waals surface area (Å²) < 4.78 is 27.4. The van der Waals surface area contributed by atoms with Gasteiger partial charge in [0, 0.05) is 18.9 Å². The Kier molecular flexibility index (Phi) is 4.59. The molecule has 1 aromatic carbocycles. The zero-order valence-electron chi connectivity index (χ0n) is 12.1. The molecule has 112 valence electrons. The SMILES string of the molecule is Cc1ccc(C)c(S(=O)(=O)NCCc2ccncc2)c1N. The zero-order valence-corrected chi connectivity index (χ0v) is 12.9. The van der Waals surface area contributed by atoms with Crippen LogP contribution in [0.15, 0.2) is 41.6 Å². The molecule has 0 bridgehead atoms. The topological polar surface area (TPSA) is 85.1 Å². The summed E-state index contributed by atoms with van der Waals surface area (Å²) in [5.41, 5.74) is 8.67. The lowest BCUT2D eigenvalue weighted by atomic mass is 10.1. The third-order valence-corrected chi connectivity index (χ3v) is 5.00. The van der Waals surface area contributed by atoms with Crippen LogP contribution in [0.4, 0.5) is 5.69 Å². The summed E-state index contributed by atoms with van der Waals surface area (Å²) in [6.45, 7) is 3.86. The summed E-state index contributed by atoms with van der Waals surface area (Å²) >= 11 is 0. The van der Waals surface area contributed by atoms with E-state index in [0.717, 1.165) is 11.1 Å². The monoisotopic (exact) mass is 305 g/mol. The number of aromatic nitrogens is 1. The maximum Gasteiger partial charge on any atom is 0.242 e. The van der Waals surface area contributed by atoms with Gasteiger partial charge >= 0.3 is 0 Å². The highest BCUT2D eigenvalue weighted by Crippen LogP contribution is 2.25. The molecule has 0 aliphatic rings. The number of benzene rings is 1. The molecule has 5 nitrogen and oxygen atoms in total. The molecule has 0 fully saturated rings. The van der Waals surface area contributed by atoms with Crippen molar-refractivity contribution in [3.8, 4) is 0 Å². The van der Waals surface area contributed by atoms with Crippen molar-refractivity contribution in [2.75, 3.05) is 12.3 Å². The first-order chi connectivity index (χ1) is 9.92. The van der Waals surface area contributed by atoms with Gasteiger partial charge in [-0.1, -0.05) is 12.1 Å². The van der Waals surface area contributed by atoms with Gasteiger partial charge in [-0.05, 0) is 49.1 Å². The standard InChI is InChI=1S/C15H19N3O2S/c1-11-3-4-12(2)15(14(11)16)21(19,20)18-10-7-13-5-8-17-9-6-13/h3-6,8-9,18H,7,10,16H2,1-2H3. The second-order valence-electron chi connectivity index (χ2n) is 4.95. The number of sulfonamides is 1. The molecular formula is C15H19N3O2S. The summed E-state index contributed by atoms with van der Waals surface area (Å²) in [4.78, 5) is 4.11. The molecule has 0 spiro atoms. The Morgan fingerprint density at radius 2 is 1.71 bits per heavy atom. The van der Waals surface area contributed by atoms with E-state index in [-0.39, 0.29) is 4.90 Å². The Morgan fingerprint density at radius 3 is 2.38 bits per heavy atom. The van der Waals surface area contributed by atoms with Crippen LogP contribution in [0.1, 0.15) is 16.7 Å². The molecule has 2 rings (SSSR count). The quantitative estimate of drug-likeness (QED) is 0.825. The van der Waals surface area contributed by atoms with Crippen molar-refractivity contribution in [1.82, 2.24) is 9.71 Å². The van der Waals surface area contributed by atoms with Crippen molar-refractivity contribution in [1.29, 1.82) is 0 Å². The molecule has 0 aliphatic carbocycles. The van der Waals surface area contributed by atoms with Crippen molar-refractivity contribution in [2.45, 2.75) is 25.2 Å². The molecule has 0 amide bonds. The van der Waals surface area contributed by atoms with Gasteiger partial charge in [0.25, 0.3) is 0 Å². The molecule has 0 atom stereocenters. The summed E-state index contributed by atoms with van der Waals surface area (Å²) in [7, 11) is -3.60. The minimum atomic E-state index is -3.60. The predicted octanol–water partition coefficient (Wildman–Crippen LogP) is 1.80. The van der Waals surface area contributed by atoms with Crippen molar-refractivity contribution < 1.29 is 8.42 Å². The first-order valence-electron chi connectivity index (χ1n) is 6.66. The lowest BCUT2D eigenvalue weighted by molar-refractivity contribution is 0.581. The van der Waals surface area contributed by atoms with Crippen LogP contribution in [0.3, 0.4) is 0 Å². The fourth-order valence-electron chi connectivity index (χ4n) is 2.12. The maximum absolute atomic E-state index is 12.4. The van der Waals surface area contributed by atoms with Gasteiger partial charge in [-0.2, -0.15) is 0 Å². The third kappa shape index (κ3) is 3.59. The highest BCUT2D eigenvalue weighted by atomic mass is 32.2. The van der Waals surface area contributed by atoms with E-state index in [1.807, 2.05) is 18.2 Å². The number of anilines is 1. The van der Waals surface area contributed by atoms with E-state index in [2.05, 4.69) is 9.71 Å². The van der Waals surface area contributed by atoms with Gasteiger partial charge < -0.3 is 5.73 Å². The van der Waals surface area contributed by atoms with Crippen molar-refractivity contribution in [3.63, 3.8) is 0 Å². The average Bonchev–Trinajstić information content (AvgIpc) is 2.44. The summed E-state index contributed by atoms with van der Waals surface area (Å²) in [6, 6.07) is 7.31. The van der Waals surface area contributed by atoms with Crippen LogP contribution in [0.5, 0.6) is 0 Å². The largest absolute Gasteiger partial charge is 0.397 e. The third-order valence-electron chi connectivity index (χ3n) is 3.33.